The van der Waals surface area contributed by atoms with Crippen molar-refractivity contribution in [3.8, 4) is 0 Å². The van der Waals surface area contributed by atoms with Crippen LogP contribution in [0.5, 0.6) is 0 Å². The van der Waals surface area contributed by atoms with Crippen molar-refractivity contribution in [1.82, 2.24) is 5.32 Å². The maximum Gasteiger partial charge on any atom is 0.251 e. The van der Waals surface area contributed by atoms with Crippen LogP contribution in [0.15, 0.2) is 23.1 Å². The molecule has 114 valence electrons. The van der Waals surface area contributed by atoms with Gasteiger partial charge in [-0.15, -0.1) is 11.8 Å². The molecule has 3 N–H and O–H groups in total. The van der Waals surface area contributed by atoms with Gasteiger partial charge in [0.15, 0.2) is 0 Å². The Morgan fingerprint density at radius 2 is 2.10 bits per heavy atom. The van der Waals surface area contributed by atoms with Crippen LogP contribution >= 0.6 is 11.8 Å². The second-order valence-corrected chi connectivity index (χ2v) is 6.72. The van der Waals surface area contributed by atoms with Gasteiger partial charge < -0.3 is 10.6 Å². The zero-order chi connectivity index (χ0) is 15.6. The second-order valence-electron chi connectivity index (χ2n) is 5.41. The Morgan fingerprint density at radius 3 is 2.71 bits per heavy atom. The second kappa shape index (κ2) is 6.07. The molecular weight excluding hydrogens is 286 g/mol. The van der Waals surface area contributed by atoms with Gasteiger partial charge in [-0.25, -0.2) is 0 Å². The molecule has 1 aliphatic rings. The van der Waals surface area contributed by atoms with Crippen molar-refractivity contribution in [2.75, 3.05) is 17.2 Å². The van der Waals surface area contributed by atoms with Crippen molar-refractivity contribution in [1.29, 1.82) is 0 Å². The largest absolute Gasteiger partial charge is 0.348 e. The number of rotatable bonds is 4. The average Bonchev–Trinajstić information content (AvgIpc) is 2.43. The van der Waals surface area contributed by atoms with Crippen LogP contribution in [-0.2, 0) is 16.1 Å². The summed E-state index contributed by atoms with van der Waals surface area (Å²) < 4.78 is 0. The van der Waals surface area contributed by atoms with E-state index in [1.54, 1.807) is 11.8 Å². The summed E-state index contributed by atoms with van der Waals surface area (Å²) in [5.41, 5.74) is 6.99. The summed E-state index contributed by atoms with van der Waals surface area (Å²) in [6.07, 6.45) is 0. The fourth-order valence-corrected chi connectivity index (χ4v) is 3.32. The zero-order valence-electron chi connectivity index (χ0n) is 12.6. The minimum atomic E-state index is -0.784. The lowest BCUT2D eigenvalue weighted by atomic mass is 9.96. The molecule has 6 heteroatoms. The Kier molecular flexibility index (Phi) is 4.58. The number of hydrogen-bond acceptors (Lipinski definition) is 5. The van der Waals surface area contributed by atoms with Crippen LogP contribution in [0.4, 0.5) is 5.69 Å². The molecule has 0 aliphatic carbocycles. The van der Waals surface area contributed by atoms with Crippen molar-refractivity contribution >= 4 is 29.3 Å². The number of benzene rings is 1. The standard InChI is InChI=1S/C15H21N3O2S/c1-4-21-12-7-5-6-11(10(12)8-16)18-9-13(19)17-14(20)15(18,2)3/h5-7H,4,8-9,16H2,1-3H3,(H,17,19,20). The number of thioether (sulfide) groups is 1. The minimum Gasteiger partial charge on any atom is -0.348 e. The smallest absolute Gasteiger partial charge is 0.251 e. The molecular formula is C15H21N3O2S. The first kappa shape index (κ1) is 15.9. The Morgan fingerprint density at radius 1 is 1.38 bits per heavy atom. The van der Waals surface area contributed by atoms with E-state index in [0.29, 0.717) is 6.54 Å². The first-order chi connectivity index (χ1) is 9.91. The number of nitrogens with zero attached hydrogens (tertiary/aromatic N) is 1. The first-order valence-corrected chi connectivity index (χ1v) is 7.97. The Bertz CT molecular complexity index is 572. The molecule has 0 bridgehead atoms. The van der Waals surface area contributed by atoms with Gasteiger partial charge in [0.25, 0.3) is 5.91 Å². The van der Waals surface area contributed by atoms with E-state index >= 15 is 0 Å². The van der Waals surface area contributed by atoms with Crippen LogP contribution in [0.3, 0.4) is 0 Å². The topological polar surface area (TPSA) is 75.4 Å². The van der Waals surface area contributed by atoms with Gasteiger partial charge in [0.05, 0.1) is 6.54 Å². The number of carbonyl (C=O) groups is 2. The van der Waals surface area contributed by atoms with Crippen molar-refractivity contribution in [2.45, 2.75) is 37.8 Å². The first-order valence-electron chi connectivity index (χ1n) is 6.98. The highest BCUT2D eigenvalue weighted by molar-refractivity contribution is 7.99. The van der Waals surface area contributed by atoms with E-state index in [9.17, 15) is 9.59 Å². The third-order valence-electron chi connectivity index (χ3n) is 3.69. The monoisotopic (exact) mass is 307 g/mol. The lowest BCUT2D eigenvalue weighted by Gasteiger charge is -2.42. The molecule has 1 heterocycles. The van der Waals surface area contributed by atoms with Crippen LogP contribution in [-0.4, -0.2) is 29.7 Å². The maximum absolute atomic E-state index is 12.1. The Hall–Kier alpha value is -1.53. The van der Waals surface area contributed by atoms with Crippen molar-refractivity contribution in [3.05, 3.63) is 23.8 Å². The predicted octanol–water partition coefficient (Wildman–Crippen LogP) is 1.50. The third kappa shape index (κ3) is 2.91. The molecule has 2 rings (SSSR count). The van der Waals surface area contributed by atoms with E-state index in [0.717, 1.165) is 21.9 Å². The molecule has 5 nitrogen and oxygen atoms in total. The van der Waals surface area contributed by atoms with Crippen molar-refractivity contribution in [3.63, 3.8) is 0 Å². The molecule has 0 atom stereocenters. The predicted molar refractivity (Wildman–Crippen MR) is 85.3 cm³/mol. The molecule has 1 saturated heterocycles. The summed E-state index contributed by atoms with van der Waals surface area (Å²) >= 11 is 1.71. The minimum absolute atomic E-state index is 0.159. The highest BCUT2D eigenvalue weighted by Crippen LogP contribution is 2.34. The number of piperazine rings is 1. The molecule has 1 aromatic carbocycles. The number of nitrogens with two attached hydrogens (primary N) is 1. The van der Waals surface area contributed by atoms with Crippen molar-refractivity contribution < 1.29 is 9.59 Å². The summed E-state index contributed by atoms with van der Waals surface area (Å²) in [5, 5.41) is 2.39. The SMILES string of the molecule is CCSc1cccc(N2CC(=O)NC(=O)C2(C)C)c1CN. The van der Waals surface area contributed by atoms with Crippen molar-refractivity contribution in [2.24, 2.45) is 5.73 Å². The number of imide groups is 1. The number of hydrogen-bond donors (Lipinski definition) is 2. The van der Waals surface area contributed by atoms with Gasteiger partial charge in [-0.1, -0.05) is 13.0 Å². The van der Waals surface area contributed by atoms with Crippen LogP contribution in [0.1, 0.15) is 26.3 Å². The molecule has 1 aromatic rings. The molecule has 0 saturated carbocycles. The van der Waals surface area contributed by atoms with E-state index < -0.39 is 5.54 Å². The molecule has 21 heavy (non-hydrogen) atoms. The lowest BCUT2D eigenvalue weighted by molar-refractivity contribution is -0.135. The van der Waals surface area contributed by atoms with Gasteiger partial charge in [0, 0.05) is 22.7 Å². The number of anilines is 1. The number of nitrogens with one attached hydrogen (secondary N) is 1. The highest BCUT2D eigenvalue weighted by Gasteiger charge is 2.41. The maximum atomic E-state index is 12.1. The highest BCUT2D eigenvalue weighted by atomic mass is 32.2. The normalized spacial score (nSPS) is 17.8. The number of amides is 2. The fourth-order valence-electron chi connectivity index (χ4n) is 2.47. The van der Waals surface area contributed by atoms with Crippen LogP contribution in [0.25, 0.3) is 0 Å². The zero-order valence-corrected chi connectivity index (χ0v) is 13.4. The van der Waals surface area contributed by atoms with Gasteiger partial charge in [-0.3, -0.25) is 14.9 Å². The lowest BCUT2D eigenvalue weighted by Crippen LogP contribution is -2.64. The van der Waals surface area contributed by atoms with Gasteiger partial charge in [-0.05, 0) is 31.7 Å². The van der Waals surface area contributed by atoms with Crippen LogP contribution in [0, 0.1) is 0 Å². The van der Waals surface area contributed by atoms with E-state index in [2.05, 4.69) is 12.2 Å². The van der Waals surface area contributed by atoms with Crippen LogP contribution < -0.4 is 16.0 Å². The summed E-state index contributed by atoms with van der Waals surface area (Å²) in [6.45, 7) is 6.25. The van der Waals surface area contributed by atoms with E-state index in [4.69, 9.17) is 5.73 Å². The average molecular weight is 307 g/mol. The molecule has 0 spiro atoms. The summed E-state index contributed by atoms with van der Waals surface area (Å²) in [5.74, 6) is 0.380. The van der Waals surface area contributed by atoms with E-state index in [1.165, 1.54) is 0 Å². The van der Waals surface area contributed by atoms with Gasteiger partial charge in [-0.2, -0.15) is 0 Å². The number of carbonyl (C=O) groups excluding carboxylic acids is 2. The quantitative estimate of drug-likeness (QED) is 0.651. The molecule has 0 aromatic heterocycles. The van der Waals surface area contributed by atoms with Gasteiger partial charge in [0.2, 0.25) is 5.91 Å². The summed E-state index contributed by atoms with van der Waals surface area (Å²) in [7, 11) is 0. The Labute approximate surface area is 129 Å². The van der Waals surface area contributed by atoms with Gasteiger partial charge >= 0.3 is 0 Å². The van der Waals surface area contributed by atoms with E-state index in [1.807, 2.05) is 36.9 Å². The van der Waals surface area contributed by atoms with Gasteiger partial charge in [0.1, 0.15) is 5.54 Å². The van der Waals surface area contributed by atoms with E-state index in [-0.39, 0.29) is 18.4 Å². The summed E-state index contributed by atoms with van der Waals surface area (Å²) in [6, 6.07) is 5.90. The molecule has 0 radical (unpaired) electrons. The Balaban J connectivity index is 2.51. The molecule has 1 fully saturated rings. The molecule has 1 aliphatic heterocycles. The summed E-state index contributed by atoms with van der Waals surface area (Å²) in [4.78, 5) is 26.8. The fraction of sp³-hybridized carbons (Fsp3) is 0.467. The molecule has 0 unspecified atom stereocenters. The third-order valence-corrected chi connectivity index (χ3v) is 4.67. The van der Waals surface area contributed by atoms with Crippen LogP contribution in [0.2, 0.25) is 0 Å². The molecule has 2 amide bonds.